The van der Waals surface area contributed by atoms with Gasteiger partial charge in [-0.2, -0.15) is 0 Å². The van der Waals surface area contributed by atoms with Crippen LogP contribution in [0.2, 0.25) is 0 Å². The van der Waals surface area contributed by atoms with E-state index in [1.54, 1.807) is 29.2 Å². The molecule has 0 radical (unpaired) electrons. The van der Waals surface area contributed by atoms with Gasteiger partial charge in [0, 0.05) is 18.4 Å². The molecule has 0 unspecified atom stereocenters. The van der Waals surface area contributed by atoms with Gasteiger partial charge in [-0.1, -0.05) is 48.0 Å². The quantitative estimate of drug-likeness (QED) is 0.228. The third-order valence-corrected chi connectivity index (χ3v) is 7.65. The van der Waals surface area contributed by atoms with Crippen molar-refractivity contribution in [3.05, 3.63) is 78.4 Å². The Balaban J connectivity index is 1.14. The normalized spacial score (nSPS) is 23.4. The van der Waals surface area contributed by atoms with Gasteiger partial charge in [-0.25, -0.2) is 0 Å². The van der Waals surface area contributed by atoms with E-state index in [1.807, 2.05) is 55.5 Å². The molecule has 2 aliphatic heterocycles. The summed E-state index contributed by atoms with van der Waals surface area (Å²) in [6, 6.07) is 20.0. The molecule has 0 spiro atoms. The van der Waals surface area contributed by atoms with Crippen molar-refractivity contribution in [2.24, 2.45) is 17.8 Å². The zero-order valence-electron chi connectivity index (χ0n) is 20.4. The first kappa shape index (κ1) is 23.2. The highest BCUT2D eigenvalue weighted by molar-refractivity contribution is 6.22. The molecule has 2 fully saturated rings. The van der Waals surface area contributed by atoms with Crippen molar-refractivity contribution < 1.29 is 23.9 Å². The summed E-state index contributed by atoms with van der Waals surface area (Å²) in [6.07, 6.45) is 3.31. The minimum atomic E-state index is -0.591. The Hall–Kier alpha value is -4.26. The smallest absolute Gasteiger partial charge is 0.316 e. The summed E-state index contributed by atoms with van der Waals surface area (Å²) in [6.45, 7) is 2.23. The molecule has 3 aliphatic rings. The summed E-state index contributed by atoms with van der Waals surface area (Å²) < 4.78 is 5.58. The van der Waals surface area contributed by atoms with Crippen LogP contribution in [-0.4, -0.2) is 30.2 Å². The molecule has 3 aromatic rings. The zero-order valence-corrected chi connectivity index (χ0v) is 20.4. The number of benzene rings is 3. The molecule has 0 bridgehead atoms. The molecule has 2 saturated heterocycles. The lowest BCUT2D eigenvalue weighted by molar-refractivity contribution is -0.139. The molecule has 6 rings (SSSR count). The lowest BCUT2D eigenvalue weighted by Crippen LogP contribution is -2.30. The van der Waals surface area contributed by atoms with Gasteiger partial charge in [0.1, 0.15) is 5.75 Å². The molecular weight excluding hydrogens is 468 g/mol. The van der Waals surface area contributed by atoms with Crippen molar-refractivity contribution in [3.8, 4) is 5.75 Å². The number of fused-ring (bicyclic) bond motifs is 2. The van der Waals surface area contributed by atoms with Crippen molar-refractivity contribution in [1.82, 2.24) is 0 Å². The largest absolute Gasteiger partial charge is 0.426 e. The number of hydrogen-bond acceptors (Lipinski definition) is 5. The first-order valence-electron chi connectivity index (χ1n) is 12.5. The van der Waals surface area contributed by atoms with Crippen LogP contribution in [0.1, 0.15) is 26.2 Å². The first-order valence-corrected chi connectivity index (χ1v) is 12.5. The second-order valence-corrected chi connectivity index (χ2v) is 10.0. The maximum atomic E-state index is 12.9. The number of imide groups is 1. The van der Waals surface area contributed by atoms with Crippen LogP contribution >= 0.6 is 0 Å². The zero-order chi connectivity index (χ0) is 25.7. The van der Waals surface area contributed by atoms with Crippen LogP contribution in [0.15, 0.2) is 78.4 Å². The second kappa shape index (κ2) is 9.00. The molecule has 7 heteroatoms. The van der Waals surface area contributed by atoms with Crippen LogP contribution in [0.3, 0.4) is 0 Å². The van der Waals surface area contributed by atoms with Crippen LogP contribution in [0, 0.1) is 17.8 Å². The summed E-state index contributed by atoms with van der Waals surface area (Å²) in [4.78, 5) is 54.5. The third kappa shape index (κ3) is 4.00. The molecule has 0 aromatic heterocycles. The molecular formula is C30H26N2O5. The number of ether oxygens (including phenoxy) is 1. The fraction of sp³-hybridized carbons (Fsp3) is 0.267. The maximum absolute atomic E-state index is 12.9. The number of rotatable bonds is 4. The van der Waals surface area contributed by atoms with E-state index in [4.69, 9.17) is 4.74 Å². The summed E-state index contributed by atoms with van der Waals surface area (Å²) in [5, 5.41) is 1.99. The first-order chi connectivity index (χ1) is 17.9. The van der Waals surface area contributed by atoms with Gasteiger partial charge < -0.3 is 9.64 Å². The van der Waals surface area contributed by atoms with Crippen molar-refractivity contribution >= 4 is 45.8 Å². The van der Waals surface area contributed by atoms with E-state index in [-0.39, 0.29) is 42.5 Å². The van der Waals surface area contributed by atoms with Crippen LogP contribution in [-0.2, 0) is 19.2 Å². The minimum Gasteiger partial charge on any atom is -0.426 e. The molecule has 37 heavy (non-hydrogen) atoms. The monoisotopic (exact) mass is 494 g/mol. The van der Waals surface area contributed by atoms with Crippen molar-refractivity contribution in [2.75, 3.05) is 16.3 Å². The number of carbonyl (C=O) groups is 4. The lowest BCUT2D eigenvalue weighted by atomic mass is 9.82. The molecule has 2 heterocycles. The summed E-state index contributed by atoms with van der Waals surface area (Å²) in [7, 11) is 0. The topological polar surface area (TPSA) is 84.0 Å². The van der Waals surface area contributed by atoms with Crippen molar-refractivity contribution in [3.63, 3.8) is 0 Å². The Labute approximate surface area is 214 Å². The van der Waals surface area contributed by atoms with E-state index in [0.717, 1.165) is 22.0 Å². The van der Waals surface area contributed by atoms with Crippen LogP contribution in [0.25, 0.3) is 10.8 Å². The van der Waals surface area contributed by atoms with Gasteiger partial charge in [-0.05, 0) is 55.5 Å². The van der Waals surface area contributed by atoms with E-state index in [9.17, 15) is 19.2 Å². The highest BCUT2D eigenvalue weighted by Gasteiger charge is 2.48. The van der Waals surface area contributed by atoms with Gasteiger partial charge >= 0.3 is 5.97 Å². The van der Waals surface area contributed by atoms with Gasteiger partial charge in [0.15, 0.2) is 0 Å². The number of allylic oxidation sites excluding steroid dienone is 2. The van der Waals surface area contributed by atoms with E-state index in [1.165, 1.54) is 4.90 Å². The standard InChI is InChI=1S/C30H26N2O5/c1-18-9-14-24-25(15-18)29(35)32(28(24)34)21-10-12-22(13-11-21)37-30(36)20-16-27(33)31(17-20)26-8-4-6-19-5-2-3-7-23(19)26/h2-13,20,24-25H,14-17H2,1H3/t20-,24-,25-/m0/s1. The number of amides is 3. The number of nitrogens with zero attached hydrogens (tertiary/aromatic N) is 2. The number of anilines is 2. The number of carbonyl (C=O) groups excluding carboxylic acids is 4. The number of esters is 1. The Morgan fingerprint density at radius 3 is 2.41 bits per heavy atom. The third-order valence-electron chi connectivity index (χ3n) is 7.65. The van der Waals surface area contributed by atoms with E-state index < -0.39 is 11.9 Å². The highest BCUT2D eigenvalue weighted by atomic mass is 16.5. The molecule has 3 amide bonds. The average Bonchev–Trinajstić information content (AvgIpc) is 3.41. The SMILES string of the molecule is CC1=CC[C@@H]2C(=O)N(c3ccc(OC(=O)[C@H]4CC(=O)N(c5cccc6ccccc56)C4)cc3)C(=O)[C@H]2C1. The van der Waals surface area contributed by atoms with Crippen molar-refractivity contribution in [1.29, 1.82) is 0 Å². The van der Waals surface area contributed by atoms with E-state index in [2.05, 4.69) is 0 Å². The van der Waals surface area contributed by atoms with E-state index in [0.29, 0.717) is 24.3 Å². The summed E-state index contributed by atoms with van der Waals surface area (Å²) >= 11 is 0. The summed E-state index contributed by atoms with van der Waals surface area (Å²) in [5.74, 6) is -1.86. The molecule has 3 aromatic carbocycles. The predicted molar refractivity (Wildman–Crippen MR) is 139 cm³/mol. The fourth-order valence-electron chi connectivity index (χ4n) is 5.70. The Kier molecular flexibility index (Phi) is 5.63. The molecule has 0 N–H and O–H groups in total. The van der Waals surface area contributed by atoms with Crippen LogP contribution < -0.4 is 14.5 Å². The number of hydrogen-bond donors (Lipinski definition) is 0. The molecule has 7 nitrogen and oxygen atoms in total. The maximum Gasteiger partial charge on any atom is 0.316 e. The minimum absolute atomic E-state index is 0.0765. The molecule has 3 atom stereocenters. The Morgan fingerprint density at radius 2 is 1.59 bits per heavy atom. The van der Waals surface area contributed by atoms with Crippen LogP contribution in [0.5, 0.6) is 5.75 Å². The van der Waals surface area contributed by atoms with Crippen molar-refractivity contribution in [2.45, 2.75) is 26.2 Å². The molecule has 1 aliphatic carbocycles. The predicted octanol–water partition coefficient (Wildman–Crippen LogP) is 4.64. The highest BCUT2D eigenvalue weighted by Crippen LogP contribution is 2.40. The fourth-order valence-corrected chi connectivity index (χ4v) is 5.70. The Morgan fingerprint density at radius 1 is 0.865 bits per heavy atom. The Bertz CT molecular complexity index is 1470. The van der Waals surface area contributed by atoms with Gasteiger partial charge in [0.25, 0.3) is 0 Å². The summed E-state index contributed by atoms with van der Waals surface area (Å²) in [5.41, 5.74) is 2.39. The average molecular weight is 495 g/mol. The van der Waals surface area contributed by atoms with Gasteiger partial charge in [0.05, 0.1) is 29.1 Å². The van der Waals surface area contributed by atoms with Gasteiger partial charge in [-0.3, -0.25) is 24.1 Å². The van der Waals surface area contributed by atoms with Gasteiger partial charge in [0.2, 0.25) is 17.7 Å². The molecule has 186 valence electrons. The molecule has 0 saturated carbocycles. The second-order valence-electron chi connectivity index (χ2n) is 10.0. The lowest BCUT2D eigenvalue weighted by Gasteiger charge is -2.19. The van der Waals surface area contributed by atoms with Gasteiger partial charge in [-0.15, -0.1) is 0 Å². The van der Waals surface area contributed by atoms with E-state index >= 15 is 0 Å². The van der Waals surface area contributed by atoms with Crippen LogP contribution in [0.4, 0.5) is 11.4 Å².